The van der Waals surface area contributed by atoms with Gasteiger partial charge in [-0.2, -0.15) is 0 Å². The number of furan rings is 1. The molecule has 0 amide bonds. The fourth-order valence-corrected chi connectivity index (χ4v) is 2.32. The largest absolute Gasteiger partial charge is 0.486 e. The molecule has 0 aliphatic heterocycles. The van der Waals surface area contributed by atoms with E-state index in [1.54, 1.807) is 0 Å². The average molecular weight is 285 g/mol. The van der Waals surface area contributed by atoms with Crippen molar-refractivity contribution in [2.24, 2.45) is 0 Å². The molecule has 0 spiro atoms. The molecule has 112 valence electrons. The van der Waals surface area contributed by atoms with Crippen LogP contribution in [0.5, 0.6) is 5.75 Å². The zero-order valence-electron chi connectivity index (χ0n) is 13.0. The molecule has 0 unspecified atom stereocenters. The summed E-state index contributed by atoms with van der Waals surface area (Å²) in [5.74, 6) is 2.81. The lowest BCUT2D eigenvalue weighted by atomic mass is 10.1. The van der Waals surface area contributed by atoms with Gasteiger partial charge in [0.05, 0.1) is 6.54 Å². The maximum Gasteiger partial charge on any atom is 0.146 e. The van der Waals surface area contributed by atoms with Gasteiger partial charge in [-0.1, -0.05) is 6.07 Å². The first-order chi connectivity index (χ1) is 10.1. The summed E-state index contributed by atoms with van der Waals surface area (Å²) < 4.78 is 11.7. The van der Waals surface area contributed by atoms with Crippen molar-refractivity contribution >= 4 is 0 Å². The molecule has 1 aliphatic rings. The molecule has 0 atom stereocenters. The first-order valence-electron chi connectivity index (χ1n) is 7.63. The number of aryl methyl sites for hydroxylation is 3. The second-order valence-corrected chi connectivity index (χ2v) is 6.01. The lowest BCUT2D eigenvalue weighted by Gasteiger charge is -2.07. The second-order valence-electron chi connectivity index (χ2n) is 6.01. The lowest BCUT2D eigenvalue weighted by molar-refractivity contribution is 0.264. The van der Waals surface area contributed by atoms with Gasteiger partial charge >= 0.3 is 0 Å². The van der Waals surface area contributed by atoms with Gasteiger partial charge in [-0.25, -0.2) is 0 Å². The van der Waals surface area contributed by atoms with E-state index in [9.17, 15) is 0 Å². The summed E-state index contributed by atoms with van der Waals surface area (Å²) >= 11 is 0. The van der Waals surface area contributed by atoms with Gasteiger partial charge in [0.2, 0.25) is 0 Å². The molecule has 0 bridgehead atoms. The van der Waals surface area contributed by atoms with Crippen molar-refractivity contribution in [3.63, 3.8) is 0 Å². The van der Waals surface area contributed by atoms with Gasteiger partial charge in [-0.05, 0) is 68.5 Å². The maximum atomic E-state index is 5.88. The summed E-state index contributed by atoms with van der Waals surface area (Å²) in [6.07, 6.45) is 2.59. The van der Waals surface area contributed by atoms with Crippen LogP contribution in [0.15, 0.2) is 28.7 Å². The molecule has 1 aromatic carbocycles. The first kappa shape index (κ1) is 14.2. The number of nitrogens with one attached hydrogen (secondary N) is 1. The number of hydrogen-bond acceptors (Lipinski definition) is 3. The zero-order chi connectivity index (χ0) is 14.8. The maximum absolute atomic E-state index is 5.88. The second kappa shape index (κ2) is 5.94. The summed E-state index contributed by atoms with van der Waals surface area (Å²) in [5, 5.41) is 3.48. The average Bonchev–Trinajstić information content (AvgIpc) is 3.22. The lowest BCUT2D eigenvalue weighted by Crippen LogP contribution is -2.15. The number of hydrogen-bond donors (Lipinski definition) is 1. The van der Waals surface area contributed by atoms with Crippen molar-refractivity contribution < 1.29 is 9.15 Å². The molecule has 1 fully saturated rings. The number of rotatable bonds is 6. The van der Waals surface area contributed by atoms with Crippen LogP contribution in [0.1, 0.15) is 41.1 Å². The molecule has 1 N–H and O–H groups in total. The molecule has 0 radical (unpaired) electrons. The molecule has 1 aromatic heterocycles. The van der Waals surface area contributed by atoms with Gasteiger partial charge in [-0.15, -0.1) is 0 Å². The zero-order valence-corrected chi connectivity index (χ0v) is 13.0. The Kier molecular flexibility index (Phi) is 4.02. The van der Waals surface area contributed by atoms with Gasteiger partial charge < -0.3 is 14.5 Å². The van der Waals surface area contributed by atoms with Gasteiger partial charge in [0, 0.05) is 6.04 Å². The van der Waals surface area contributed by atoms with Gasteiger partial charge in [0.1, 0.15) is 23.9 Å². The Hall–Kier alpha value is -1.74. The third-order valence-corrected chi connectivity index (χ3v) is 4.06. The van der Waals surface area contributed by atoms with Crippen molar-refractivity contribution in [3.8, 4) is 5.75 Å². The van der Waals surface area contributed by atoms with Crippen LogP contribution in [-0.2, 0) is 13.2 Å². The minimum atomic E-state index is 0.479. The molecule has 1 saturated carbocycles. The highest BCUT2D eigenvalue weighted by Gasteiger charge is 2.21. The van der Waals surface area contributed by atoms with E-state index >= 15 is 0 Å². The van der Waals surface area contributed by atoms with Crippen LogP contribution in [0.25, 0.3) is 0 Å². The number of ether oxygens (including phenoxy) is 1. The molecule has 3 heteroatoms. The predicted molar refractivity (Wildman–Crippen MR) is 83.6 cm³/mol. The highest BCUT2D eigenvalue weighted by molar-refractivity contribution is 5.34. The van der Waals surface area contributed by atoms with Crippen molar-refractivity contribution in [1.82, 2.24) is 5.32 Å². The van der Waals surface area contributed by atoms with Gasteiger partial charge in [0.25, 0.3) is 0 Å². The van der Waals surface area contributed by atoms with Crippen LogP contribution in [0, 0.1) is 20.8 Å². The quantitative estimate of drug-likeness (QED) is 0.870. The molecule has 3 nitrogen and oxygen atoms in total. The van der Waals surface area contributed by atoms with Crippen molar-refractivity contribution in [2.45, 2.75) is 52.8 Å². The van der Waals surface area contributed by atoms with Crippen LogP contribution in [-0.4, -0.2) is 6.04 Å². The molecule has 21 heavy (non-hydrogen) atoms. The topological polar surface area (TPSA) is 34.4 Å². The van der Waals surface area contributed by atoms with E-state index in [0.29, 0.717) is 12.6 Å². The SMILES string of the molecule is Cc1ccc(OCc2cc(C)c(CNC3CC3)o2)cc1C. The Balaban J connectivity index is 1.59. The summed E-state index contributed by atoms with van der Waals surface area (Å²) in [6.45, 7) is 7.59. The van der Waals surface area contributed by atoms with Crippen molar-refractivity contribution in [1.29, 1.82) is 0 Å². The van der Waals surface area contributed by atoms with E-state index in [-0.39, 0.29) is 0 Å². The summed E-state index contributed by atoms with van der Waals surface area (Å²) in [4.78, 5) is 0. The molecular weight excluding hydrogens is 262 g/mol. The van der Waals surface area contributed by atoms with Gasteiger partial charge in [0.15, 0.2) is 0 Å². The van der Waals surface area contributed by atoms with Crippen LogP contribution in [0.2, 0.25) is 0 Å². The minimum absolute atomic E-state index is 0.479. The van der Waals surface area contributed by atoms with E-state index in [4.69, 9.17) is 9.15 Å². The molecule has 0 saturated heterocycles. The van der Waals surface area contributed by atoms with E-state index in [1.165, 1.54) is 29.5 Å². The molecular formula is C18H23NO2. The summed E-state index contributed by atoms with van der Waals surface area (Å²) in [5.41, 5.74) is 3.73. The van der Waals surface area contributed by atoms with Crippen LogP contribution < -0.4 is 10.1 Å². The van der Waals surface area contributed by atoms with Crippen LogP contribution in [0.4, 0.5) is 0 Å². The third kappa shape index (κ3) is 3.67. The van der Waals surface area contributed by atoms with Gasteiger partial charge in [-0.3, -0.25) is 0 Å². The smallest absolute Gasteiger partial charge is 0.146 e. The Morgan fingerprint density at radius 3 is 2.62 bits per heavy atom. The molecule has 1 heterocycles. The Morgan fingerprint density at radius 2 is 1.90 bits per heavy atom. The van der Waals surface area contributed by atoms with E-state index in [1.807, 2.05) is 6.07 Å². The molecule has 2 aromatic rings. The fourth-order valence-electron chi connectivity index (χ4n) is 2.32. The highest BCUT2D eigenvalue weighted by atomic mass is 16.5. The number of benzene rings is 1. The van der Waals surface area contributed by atoms with Crippen molar-refractivity contribution in [2.75, 3.05) is 0 Å². The third-order valence-electron chi connectivity index (χ3n) is 4.06. The predicted octanol–water partition coefficient (Wildman–Crippen LogP) is 4.04. The summed E-state index contributed by atoms with van der Waals surface area (Å²) in [6, 6.07) is 8.94. The van der Waals surface area contributed by atoms with Crippen LogP contribution in [0.3, 0.4) is 0 Å². The Labute approximate surface area is 126 Å². The van der Waals surface area contributed by atoms with Crippen LogP contribution >= 0.6 is 0 Å². The first-order valence-corrected chi connectivity index (χ1v) is 7.63. The molecule has 3 rings (SSSR count). The Bertz CT molecular complexity index is 626. The normalized spacial score (nSPS) is 14.4. The van der Waals surface area contributed by atoms with Crippen molar-refractivity contribution in [3.05, 3.63) is 52.5 Å². The standard InChI is InChI=1S/C18H23NO2/c1-12-4-7-16(8-13(12)2)20-11-17-9-14(3)18(21-17)10-19-15-5-6-15/h4,7-9,15,19H,5-6,10-11H2,1-3H3. The Morgan fingerprint density at radius 1 is 1.10 bits per heavy atom. The molecule has 1 aliphatic carbocycles. The van der Waals surface area contributed by atoms with E-state index in [2.05, 4.69) is 44.3 Å². The fraction of sp³-hybridized carbons (Fsp3) is 0.444. The summed E-state index contributed by atoms with van der Waals surface area (Å²) in [7, 11) is 0. The minimum Gasteiger partial charge on any atom is -0.486 e. The van der Waals surface area contributed by atoms with E-state index in [0.717, 1.165) is 23.8 Å². The highest BCUT2D eigenvalue weighted by Crippen LogP contribution is 2.22. The monoisotopic (exact) mass is 285 g/mol. The van der Waals surface area contributed by atoms with E-state index < -0.39 is 0 Å².